The molecule has 1 heterocycles. The Labute approximate surface area is 303 Å². The molecule has 244 valence electrons. The summed E-state index contributed by atoms with van der Waals surface area (Å²) in [7, 11) is 0. The molecule has 0 bridgehead atoms. The van der Waals surface area contributed by atoms with E-state index in [1.165, 1.54) is 71.3 Å². The molecule has 0 aliphatic rings. The van der Waals surface area contributed by atoms with E-state index in [1.54, 1.807) is 0 Å². The zero-order valence-electron chi connectivity index (χ0n) is 28.5. The van der Waals surface area contributed by atoms with E-state index in [1.807, 2.05) is 0 Å². The minimum atomic E-state index is 1.11. The first-order chi connectivity index (χ1) is 25.8. The highest BCUT2D eigenvalue weighted by Gasteiger charge is 2.18. The van der Waals surface area contributed by atoms with Gasteiger partial charge in [-0.1, -0.05) is 146 Å². The first-order valence-corrected chi connectivity index (χ1v) is 17.9. The van der Waals surface area contributed by atoms with Crippen LogP contribution in [0.5, 0.6) is 0 Å². The molecular weight excluding hydrogens is 629 g/mol. The van der Waals surface area contributed by atoms with Gasteiger partial charge >= 0.3 is 0 Å². The van der Waals surface area contributed by atoms with E-state index in [-0.39, 0.29) is 0 Å². The average molecular weight is 663 g/mol. The molecule has 0 spiro atoms. The largest absolute Gasteiger partial charge is 0.310 e. The lowest BCUT2D eigenvalue weighted by molar-refractivity contribution is 1.18. The molecule has 1 aromatic heterocycles. The summed E-state index contributed by atoms with van der Waals surface area (Å²) in [5.41, 5.74) is 11.8. The summed E-state index contributed by atoms with van der Waals surface area (Å²) >= 11 is 0. The molecule has 9 aromatic carbocycles. The number of hydrogen-bond donors (Lipinski definition) is 0. The molecule has 0 N–H and O–H groups in total. The molecule has 0 saturated carbocycles. The van der Waals surface area contributed by atoms with E-state index in [9.17, 15) is 0 Å². The van der Waals surface area contributed by atoms with E-state index < -0.39 is 0 Å². The molecule has 0 saturated heterocycles. The Morgan fingerprint density at radius 2 is 0.923 bits per heavy atom. The zero-order chi connectivity index (χ0) is 34.4. The lowest BCUT2D eigenvalue weighted by Crippen LogP contribution is -2.09. The maximum Gasteiger partial charge on any atom is 0.0547 e. The quantitative estimate of drug-likeness (QED) is 0.172. The monoisotopic (exact) mass is 662 g/mol. The first-order valence-electron chi connectivity index (χ1n) is 17.9. The number of para-hydroxylation sites is 2. The maximum atomic E-state index is 2.39. The van der Waals surface area contributed by atoms with Gasteiger partial charge in [0.15, 0.2) is 0 Å². The molecule has 0 aliphatic heterocycles. The molecule has 0 aliphatic carbocycles. The molecule has 52 heavy (non-hydrogen) atoms. The summed E-state index contributed by atoms with van der Waals surface area (Å²) in [5, 5.41) is 7.51. The molecule has 0 unspecified atom stereocenters. The van der Waals surface area contributed by atoms with Crippen LogP contribution in [0.3, 0.4) is 0 Å². The molecular formula is C50H34N2. The van der Waals surface area contributed by atoms with Crippen LogP contribution in [-0.4, -0.2) is 4.57 Å². The summed E-state index contributed by atoms with van der Waals surface area (Å²) in [6, 6.07) is 74.6. The summed E-state index contributed by atoms with van der Waals surface area (Å²) in [5.74, 6) is 0. The van der Waals surface area contributed by atoms with Gasteiger partial charge in [-0.2, -0.15) is 0 Å². The number of nitrogens with zero attached hydrogens (tertiary/aromatic N) is 2. The molecule has 0 amide bonds. The average Bonchev–Trinajstić information content (AvgIpc) is 3.57. The summed E-state index contributed by atoms with van der Waals surface area (Å²) in [6.45, 7) is 0. The Morgan fingerprint density at radius 3 is 1.69 bits per heavy atom. The van der Waals surface area contributed by atoms with Crippen molar-refractivity contribution < 1.29 is 0 Å². The topological polar surface area (TPSA) is 8.17 Å². The number of hydrogen-bond acceptors (Lipinski definition) is 1. The Kier molecular flexibility index (Phi) is 7.18. The van der Waals surface area contributed by atoms with Crippen molar-refractivity contribution in [2.75, 3.05) is 4.90 Å². The van der Waals surface area contributed by atoms with Gasteiger partial charge in [-0.25, -0.2) is 0 Å². The van der Waals surface area contributed by atoms with Crippen LogP contribution in [0.25, 0.3) is 71.3 Å². The summed E-state index contributed by atoms with van der Waals surface area (Å²) in [6.07, 6.45) is 0. The van der Waals surface area contributed by atoms with Crippen LogP contribution in [0.1, 0.15) is 0 Å². The van der Waals surface area contributed by atoms with Crippen molar-refractivity contribution in [2.45, 2.75) is 0 Å². The van der Waals surface area contributed by atoms with Crippen LogP contribution >= 0.6 is 0 Å². The van der Waals surface area contributed by atoms with Crippen LogP contribution in [0.15, 0.2) is 206 Å². The molecule has 0 radical (unpaired) electrons. The predicted molar refractivity (Wildman–Crippen MR) is 221 cm³/mol. The smallest absolute Gasteiger partial charge is 0.0547 e. The number of benzene rings is 9. The van der Waals surface area contributed by atoms with E-state index in [0.29, 0.717) is 0 Å². The molecule has 2 nitrogen and oxygen atoms in total. The van der Waals surface area contributed by atoms with Gasteiger partial charge in [0, 0.05) is 33.5 Å². The van der Waals surface area contributed by atoms with Gasteiger partial charge < -0.3 is 9.47 Å². The van der Waals surface area contributed by atoms with Gasteiger partial charge in [-0.15, -0.1) is 0 Å². The predicted octanol–water partition coefficient (Wildman–Crippen LogP) is 13.9. The second-order valence-corrected chi connectivity index (χ2v) is 13.4. The van der Waals surface area contributed by atoms with Crippen LogP contribution in [0, 0.1) is 0 Å². The molecule has 10 aromatic rings. The minimum Gasteiger partial charge on any atom is -0.310 e. The standard InChI is InChI=1S/C50H34N2/c1-3-12-35(13-4-1)36-22-27-41(28-23-36)51(42-29-24-38(25-30-42)45-20-11-15-37-14-7-8-18-44(37)45)43-31-32-46-39(34-43)26-33-49-50(46)47-19-9-10-21-48(47)52(49)40-16-5-2-6-17-40/h1-34H. The second kappa shape index (κ2) is 12.5. The summed E-state index contributed by atoms with van der Waals surface area (Å²) in [4.78, 5) is 2.37. The van der Waals surface area contributed by atoms with E-state index in [4.69, 9.17) is 0 Å². The number of fused-ring (bicyclic) bond motifs is 6. The van der Waals surface area contributed by atoms with Crippen molar-refractivity contribution >= 4 is 60.4 Å². The minimum absolute atomic E-state index is 1.11. The SMILES string of the molecule is c1ccc(-c2ccc(N(c3ccc(-c4cccc5ccccc45)cc3)c3ccc4c(ccc5c4c4ccccc4n5-c4ccccc4)c3)cc2)cc1. The number of anilines is 3. The van der Waals surface area contributed by atoms with Crippen molar-refractivity contribution in [3.63, 3.8) is 0 Å². The zero-order valence-corrected chi connectivity index (χ0v) is 28.5. The Morgan fingerprint density at radius 1 is 0.327 bits per heavy atom. The van der Waals surface area contributed by atoms with Crippen LogP contribution in [-0.2, 0) is 0 Å². The van der Waals surface area contributed by atoms with Crippen molar-refractivity contribution in [3.05, 3.63) is 206 Å². The lowest BCUT2D eigenvalue weighted by atomic mass is 9.98. The Bertz CT molecular complexity index is 2860. The van der Waals surface area contributed by atoms with Gasteiger partial charge in [-0.05, 0) is 104 Å². The van der Waals surface area contributed by atoms with Crippen LogP contribution < -0.4 is 4.90 Å². The van der Waals surface area contributed by atoms with Crippen molar-refractivity contribution in [3.8, 4) is 27.9 Å². The summed E-state index contributed by atoms with van der Waals surface area (Å²) < 4.78 is 2.39. The first kappa shape index (κ1) is 30.0. The molecule has 0 fully saturated rings. The fraction of sp³-hybridized carbons (Fsp3) is 0. The van der Waals surface area contributed by atoms with Gasteiger partial charge in [0.25, 0.3) is 0 Å². The van der Waals surface area contributed by atoms with Gasteiger partial charge in [-0.3, -0.25) is 0 Å². The van der Waals surface area contributed by atoms with Crippen LogP contribution in [0.4, 0.5) is 17.1 Å². The molecule has 10 rings (SSSR count). The normalized spacial score (nSPS) is 11.5. The van der Waals surface area contributed by atoms with Crippen molar-refractivity contribution in [1.29, 1.82) is 0 Å². The lowest BCUT2D eigenvalue weighted by Gasteiger charge is -2.26. The third-order valence-corrected chi connectivity index (χ3v) is 10.4. The molecule has 2 heteroatoms. The van der Waals surface area contributed by atoms with E-state index in [2.05, 4.69) is 216 Å². The highest BCUT2D eigenvalue weighted by atomic mass is 15.1. The third kappa shape index (κ3) is 5.04. The van der Waals surface area contributed by atoms with Gasteiger partial charge in [0.1, 0.15) is 0 Å². The Balaban J connectivity index is 1.12. The van der Waals surface area contributed by atoms with E-state index in [0.717, 1.165) is 17.1 Å². The highest BCUT2D eigenvalue weighted by Crippen LogP contribution is 2.42. The van der Waals surface area contributed by atoms with E-state index >= 15 is 0 Å². The molecule has 0 atom stereocenters. The third-order valence-electron chi connectivity index (χ3n) is 10.4. The van der Waals surface area contributed by atoms with Gasteiger partial charge in [0.05, 0.1) is 11.0 Å². The Hall–Kier alpha value is -6.90. The van der Waals surface area contributed by atoms with Crippen LogP contribution in [0.2, 0.25) is 0 Å². The van der Waals surface area contributed by atoms with Crippen molar-refractivity contribution in [1.82, 2.24) is 4.57 Å². The van der Waals surface area contributed by atoms with Crippen molar-refractivity contribution in [2.24, 2.45) is 0 Å². The fourth-order valence-electron chi connectivity index (χ4n) is 7.93. The second-order valence-electron chi connectivity index (χ2n) is 13.4. The highest BCUT2D eigenvalue weighted by molar-refractivity contribution is 6.21. The number of aromatic nitrogens is 1. The maximum absolute atomic E-state index is 2.39. The number of rotatable bonds is 6. The van der Waals surface area contributed by atoms with Gasteiger partial charge in [0.2, 0.25) is 0 Å². The fourth-order valence-corrected chi connectivity index (χ4v) is 7.93.